The maximum atomic E-state index is 12.6. The summed E-state index contributed by atoms with van der Waals surface area (Å²) in [6.07, 6.45) is 1.13. The van der Waals surface area contributed by atoms with Gasteiger partial charge in [0, 0.05) is 45.1 Å². The summed E-state index contributed by atoms with van der Waals surface area (Å²) in [5.74, 6) is 0.658. The summed E-state index contributed by atoms with van der Waals surface area (Å²) in [4.78, 5) is 12.9. The number of benzene rings is 1. The Balaban J connectivity index is 1.42. The Hall–Kier alpha value is -2.15. The van der Waals surface area contributed by atoms with Gasteiger partial charge in [0.1, 0.15) is 12.2 Å². The summed E-state index contributed by atoms with van der Waals surface area (Å²) in [6, 6.07) is 9.43. The van der Waals surface area contributed by atoms with Crippen molar-refractivity contribution in [3.63, 3.8) is 0 Å². The Morgan fingerprint density at radius 2 is 1.71 bits per heavy atom. The van der Waals surface area contributed by atoms with Gasteiger partial charge in [-0.2, -0.15) is 0 Å². The van der Waals surface area contributed by atoms with E-state index in [1.807, 2.05) is 0 Å². The Morgan fingerprint density at radius 3 is 2.35 bits per heavy atom. The predicted molar refractivity (Wildman–Crippen MR) is 113 cm³/mol. The molecular formula is C20H27N5O5S. The molecule has 0 radical (unpaired) electrons. The highest BCUT2D eigenvalue weighted by Crippen LogP contribution is 2.27. The molecule has 3 heterocycles. The molecule has 2 fully saturated rings. The number of hydrogen-bond acceptors (Lipinski definition) is 9. The van der Waals surface area contributed by atoms with Crippen molar-refractivity contribution in [3.05, 3.63) is 48.8 Å². The number of nitrogens with zero attached hydrogens (tertiary/aromatic N) is 4. The number of rotatable bonds is 7. The van der Waals surface area contributed by atoms with Crippen molar-refractivity contribution in [3.8, 4) is 0 Å². The van der Waals surface area contributed by atoms with Crippen LogP contribution in [-0.4, -0.2) is 97.2 Å². The molecule has 1 aromatic heterocycles. The summed E-state index contributed by atoms with van der Waals surface area (Å²) >= 11 is 0. The molecule has 0 aliphatic carbocycles. The fourth-order valence-corrected chi connectivity index (χ4v) is 5.21. The molecule has 4 unspecified atom stereocenters. The van der Waals surface area contributed by atoms with E-state index in [-0.39, 0.29) is 18.0 Å². The fraction of sp³-hybridized carbons (Fsp3) is 0.500. The molecule has 0 amide bonds. The Kier molecular flexibility index (Phi) is 6.80. The van der Waals surface area contributed by atoms with Crippen LogP contribution in [0.3, 0.4) is 0 Å². The molecule has 1 aromatic carbocycles. The van der Waals surface area contributed by atoms with E-state index in [1.165, 1.54) is 12.1 Å². The van der Waals surface area contributed by atoms with Crippen LogP contribution < -0.4 is 9.62 Å². The molecule has 10 nitrogen and oxygen atoms in total. The number of anilines is 1. The van der Waals surface area contributed by atoms with Crippen LogP contribution in [0.5, 0.6) is 0 Å². The van der Waals surface area contributed by atoms with Gasteiger partial charge in [0.15, 0.2) is 0 Å². The first-order valence-corrected chi connectivity index (χ1v) is 11.7. The third kappa shape index (κ3) is 4.86. The zero-order valence-electron chi connectivity index (χ0n) is 17.0. The second-order valence-corrected chi connectivity index (χ2v) is 9.38. The van der Waals surface area contributed by atoms with E-state index in [4.69, 9.17) is 4.74 Å². The highest BCUT2D eigenvalue weighted by Gasteiger charge is 2.47. The summed E-state index contributed by atoms with van der Waals surface area (Å²) in [5.41, 5.74) is 0. The normalized spacial score (nSPS) is 27.5. The molecule has 2 saturated heterocycles. The molecule has 0 spiro atoms. The molecule has 4 rings (SSSR count). The maximum Gasteiger partial charge on any atom is 0.240 e. The maximum absolute atomic E-state index is 12.6. The van der Waals surface area contributed by atoms with Crippen LogP contribution in [0.15, 0.2) is 53.7 Å². The highest BCUT2D eigenvalue weighted by atomic mass is 32.2. The monoisotopic (exact) mass is 449 g/mol. The summed E-state index contributed by atoms with van der Waals surface area (Å²) < 4.78 is 33.6. The van der Waals surface area contributed by atoms with Crippen LogP contribution in [0, 0.1) is 0 Å². The third-order valence-corrected chi connectivity index (χ3v) is 7.18. The first-order valence-electron chi connectivity index (χ1n) is 10.2. The number of ether oxygens (including phenoxy) is 1. The van der Waals surface area contributed by atoms with Crippen molar-refractivity contribution >= 4 is 16.0 Å². The van der Waals surface area contributed by atoms with Crippen molar-refractivity contribution in [2.75, 3.05) is 44.2 Å². The summed E-state index contributed by atoms with van der Waals surface area (Å²) in [6.45, 7) is 2.25. The third-order valence-electron chi connectivity index (χ3n) is 5.74. The van der Waals surface area contributed by atoms with Crippen LogP contribution in [0.1, 0.15) is 0 Å². The lowest BCUT2D eigenvalue weighted by atomic mass is 10.0. The van der Waals surface area contributed by atoms with Gasteiger partial charge in [-0.05, 0) is 18.2 Å². The zero-order chi connectivity index (χ0) is 21.8. The quantitative estimate of drug-likeness (QED) is 0.491. The van der Waals surface area contributed by atoms with Gasteiger partial charge in [0.05, 0.1) is 23.6 Å². The number of aliphatic hydroxyl groups excluding tert-OH is 2. The molecule has 2 aliphatic heterocycles. The van der Waals surface area contributed by atoms with E-state index in [2.05, 4.69) is 24.5 Å². The molecule has 11 heteroatoms. The van der Waals surface area contributed by atoms with Gasteiger partial charge in [0.2, 0.25) is 16.0 Å². The smallest absolute Gasteiger partial charge is 0.240 e. The van der Waals surface area contributed by atoms with E-state index in [1.54, 1.807) is 36.7 Å². The van der Waals surface area contributed by atoms with Crippen LogP contribution >= 0.6 is 0 Å². The number of nitrogens with one attached hydrogen (secondary N) is 1. The van der Waals surface area contributed by atoms with E-state index in [0.29, 0.717) is 32.1 Å². The minimum Gasteiger partial charge on any atom is -0.394 e. The molecule has 4 atom stereocenters. The minimum absolute atomic E-state index is 0.00251. The van der Waals surface area contributed by atoms with Gasteiger partial charge < -0.3 is 19.8 Å². The molecule has 31 heavy (non-hydrogen) atoms. The first kappa shape index (κ1) is 22.1. The fourth-order valence-electron chi connectivity index (χ4n) is 4.15. The lowest BCUT2D eigenvalue weighted by Gasteiger charge is -2.40. The van der Waals surface area contributed by atoms with Crippen LogP contribution in [0.4, 0.5) is 5.95 Å². The van der Waals surface area contributed by atoms with Gasteiger partial charge in [0.25, 0.3) is 0 Å². The number of aliphatic hydroxyl groups is 2. The molecule has 2 aromatic rings. The highest BCUT2D eigenvalue weighted by molar-refractivity contribution is 7.89. The number of aromatic nitrogens is 2. The Labute approximate surface area is 181 Å². The van der Waals surface area contributed by atoms with Crippen molar-refractivity contribution in [1.82, 2.24) is 19.6 Å². The number of piperazine rings is 1. The topological polar surface area (TPSA) is 128 Å². The van der Waals surface area contributed by atoms with Gasteiger partial charge in [-0.3, -0.25) is 4.90 Å². The molecule has 2 aliphatic rings. The SMILES string of the molecule is O=S(=O)(NCC1OC(CO)C(O)C1N1CCN(c2ncccn2)CC1)c1ccccc1. The van der Waals surface area contributed by atoms with Crippen LogP contribution in [0.2, 0.25) is 0 Å². The Morgan fingerprint density at radius 1 is 1.03 bits per heavy atom. The van der Waals surface area contributed by atoms with E-state index in [9.17, 15) is 18.6 Å². The molecule has 0 bridgehead atoms. The van der Waals surface area contributed by atoms with Gasteiger partial charge in [-0.1, -0.05) is 18.2 Å². The second kappa shape index (κ2) is 9.55. The Bertz CT molecular complexity index is 941. The van der Waals surface area contributed by atoms with Crippen molar-refractivity contribution < 1.29 is 23.4 Å². The number of sulfonamides is 1. The lowest BCUT2D eigenvalue weighted by molar-refractivity contribution is -0.0201. The van der Waals surface area contributed by atoms with Gasteiger partial charge >= 0.3 is 0 Å². The van der Waals surface area contributed by atoms with Gasteiger partial charge in [-0.15, -0.1) is 0 Å². The largest absolute Gasteiger partial charge is 0.394 e. The van der Waals surface area contributed by atoms with E-state index < -0.39 is 34.4 Å². The minimum atomic E-state index is -3.71. The molecule has 3 N–H and O–H groups in total. The molecule has 0 saturated carbocycles. The van der Waals surface area contributed by atoms with E-state index in [0.717, 1.165) is 0 Å². The van der Waals surface area contributed by atoms with Crippen LogP contribution in [-0.2, 0) is 14.8 Å². The van der Waals surface area contributed by atoms with Crippen molar-refractivity contribution in [2.24, 2.45) is 0 Å². The number of hydrogen-bond donors (Lipinski definition) is 3. The first-order chi connectivity index (χ1) is 15.0. The summed E-state index contributed by atoms with van der Waals surface area (Å²) in [5, 5.41) is 20.4. The zero-order valence-corrected chi connectivity index (χ0v) is 17.8. The second-order valence-electron chi connectivity index (χ2n) is 7.61. The van der Waals surface area contributed by atoms with Crippen LogP contribution in [0.25, 0.3) is 0 Å². The standard InChI is InChI=1S/C20H27N5O5S/c26-14-17-19(27)18(24-9-11-25(12-10-24)20-21-7-4-8-22-20)16(30-17)13-23-31(28,29)15-5-2-1-3-6-15/h1-8,16-19,23,26-27H,9-14H2. The van der Waals surface area contributed by atoms with Crippen molar-refractivity contribution in [1.29, 1.82) is 0 Å². The molecule has 168 valence electrons. The predicted octanol–water partition coefficient (Wildman–Crippen LogP) is -0.934. The average molecular weight is 450 g/mol. The summed E-state index contributed by atoms with van der Waals surface area (Å²) in [7, 11) is -3.71. The van der Waals surface area contributed by atoms with Crippen molar-refractivity contribution in [2.45, 2.75) is 29.2 Å². The average Bonchev–Trinajstić information content (AvgIpc) is 3.14. The lowest BCUT2D eigenvalue weighted by Crippen LogP contribution is -2.57. The van der Waals surface area contributed by atoms with Gasteiger partial charge in [-0.25, -0.2) is 23.1 Å². The molecular weight excluding hydrogens is 422 g/mol. The van der Waals surface area contributed by atoms with E-state index >= 15 is 0 Å².